The molecule has 68 valence electrons. The topological polar surface area (TPSA) is 46.5 Å². The lowest BCUT2D eigenvalue weighted by molar-refractivity contribution is -0.147. The summed E-state index contributed by atoms with van der Waals surface area (Å²) in [5.74, 6) is -0.364. The highest BCUT2D eigenvalue weighted by Crippen LogP contribution is 2.28. The molecule has 0 aliphatic heterocycles. The monoisotopic (exact) mass is 170 g/mol. The molecule has 2 atom stereocenters. The lowest BCUT2D eigenvalue weighted by Gasteiger charge is -2.25. The maximum Gasteiger partial charge on any atom is 0.308 e. The molecule has 12 heavy (non-hydrogen) atoms. The Kier molecular flexibility index (Phi) is 2.87. The van der Waals surface area contributed by atoms with E-state index >= 15 is 0 Å². The molecule has 1 saturated carbocycles. The zero-order chi connectivity index (χ0) is 9.14. The van der Waals surface area contributed by atoms with Crippen molar-refractivity contribution < 1.29 is 14.6 Å². The molecule has 0 radical (unpaired) electrons. The summed E-state index contributed by atoms with van der Waals surface area (Å²) in [6, 6.07) is 0. The highest BCUT2D eigenvalue weighted by atomic mass is 16.5. The van der Waals surface area contributed by atoms with Gasteiger partial charge in [0.25, 0.3) is 0 Å². The Morgan fingerprint density at radius 1 is 1.75 bits per heavy atom. The summed E-state index contributed by atoms with van der Waals surface area (Å²) in [6.45, 7) is 3.71. The molecule has 1 aliphatic carbocycles. The van der Waals surface area contributed by atoms with Gasteiger partial charge in [-0.1, -0.05) is 6.58 Å². The number of esters is 1. The van der Waals surface area contributed by atoms with Gasteiger partial charge in [-0.3, -0.25) is 4.79 Å². The average molecular weight is 170 g/mol. The summed E-state index contributed by atoms with van der Waals surface area (Å²) in [4.78, 5) is 11.1. The van der Waals surface area contributed by atoms with Crippen molar-refractivity contribution in [3.05, 3.63) is 12.2 Å². The Hall–Kier alpha value is -0.830. The van der Waals surface area contributed by atoms with Crippen LogP contribution < -0.4 is 0 Å². The summed E-state index contributed by atoms with van der Waals surface area (Å²) in [5, 5.41) is 9.39. The number of aliphatic hydroxyl groups excluding tert-OH is 1. The molecule has 1 rings (SSSR count). The predicted molar refractivity (Wildman–Crippen MR) is 44.5 cm³/mol. The van der Waals surface area contributed by atoms with E-state index in [1.54, 1.807) is 0 Å². The smallest absolute Gasteiger partial charge is 0.308 e. The normalized spacial score (nSPS) is 30.0. The van der Waals surface area contributed by atoms with Gasteiger partial charge in [0, 0.05) is 0 Å². The van der Waals surface area contributed by atoms with Crippen LogP contribution in [0.25, 0.3) is 0 Å². The molecule has 0 heterocycles. The highest BCUT2D eigenvalue weighted by molar-refractivity contribution is 5.72. The van der Waals surface area contributed by atoms with Crippen molar-refractivity contribution in [3.63, 3.8) is 0 Å². The average Bonchev–Trinajstić information content (AvgIpc) is 2.08. The minimum absolute atomic E-state index is 0.143. The quantitative estimate of drug-likeness (QED) is 0.469. The van der Waals surface area contributed by atoms with Gasteiger partial charge in [-0.05, 0) is 24.8 Å². The molecule has 0 bridgehead atoms. The van der Waals surface area contributed by atoms with Gasteiger partial charge in [-0.15, -0.1) is 0 Å². The first-order valence-corrected chi connectivity index (χ1v) is 4.08. The third-order valence-electron chi connectivity index (χ3n) is 2.33. The summed E-state index contributed by atoms with van der Waals surface area (Å²) >= 11 is 0. The van der Waals surface area contributed by atoms with Crippen molar-refractivity contribution in [1.82, 2.24) is 0 Å². The van der Waals surface area contributed by atoms with Crippen molar-refractivity contribution in [2.75, 3.05) is 7.11 Å². The van der Waals surface area contributed by atoms with E-state index in [9.17, 15) is 9.90 Å². The predicted octanol–water partition coefficient (Wildman–Crippen LogP) is 0.877. The van der Waals surface area contributed by atoms with Gasteiger partial charge in [0.1, 0.15) is 0 Å². The molecule has 0 aromatic rings. The molecule has 2 unspecified atom stereocenters. The maximum atomic E-state index is 11.1. The lowest BCUT2D eigenvalue weighted by atomic mass is 9.84. The fraction of sp³-hybridized carbons (Fsp3) is 0.667. The van der Waals surface area contributed by atoms with Crippen LogP contribution in [0.15, 0.2) is 12.2 Å². The highest BCUT2D eigenvalue weighted by Gasteiger charge is 2.28. The van der Waals surface area contributed by atoms with Crippen molar-refractivity contribution in [1.29, 1.82) is 0 Å². The molecular weight excluding hydrogens is 156 g/mol. The number of hydrogen-bond donors (Lipinski definition) is 1. The van der Waals surface area contributed by atoms with Crippen LogP contribution in [0.1, 0.15) is 19.3 Å². The zero-order valence-electron chi connectivity index (χ0n) is 7.25. The van der Waals surface area contributed by atoms with Gasteiger partial charge in [0.15, 0.2) is 0 Å². The Morgan fingerprint density at radius 2 is 2.42 bits per heavy atom. The fourth-order valence-corrected chi connectivity index (χ4v) is 1.46. The number of aliphatic hydroxyl groups is 1. The Labute approximate surface area is 72.0 Å². The van der Waals surface area contributed by atoms with E-state index in [0.717, 1.165) is 18.4 Å². The molecule has 0 spiro atoms. The molecule has 0 aromatic carbocycles. The zero-order valence-corrected chi connectivity index (χ0v) is 7.25. The van der Waals surface area contributed by atoms with E-state index in [1.165, 1.54) is 7.11 Å². The summed E-state index contributed by atoms with van der Waals surface area (Å²) in [7, 11) is 1.37. The van der Waals surface area contributed by atoms with Crippen molar-refractivity contribution >= 4 is 5.97 Å². The first-order chi connectivity index (χ1) is 5.65. The largest absolute Gasteiger partial charge is 0.469 e. The minimum atomic E-state index is -0.525. The summed E-state index contributed by atoms with van der Waals surface area (Å²) < 4.78 is 4.59. The Balaban J connectivity index is 2.50. The third kappa shape index (κ3) is 1.85. The first-order valence-electron chi connectivity index (χ1n) is 4.08. The standard InChI is InChI=1S/C9H14O3/c1-6-3-4-7(5-8(6)10)9(11)12-2/h7-8,10H,1,3-5H2,2H3. The summed E-state index contributed by atoms with van der Waals surface area (Å²) in [5.41, 5.74) is 0.829. The van der Waals surface area contributed by atoms with Crippen molar-refractivity contribution in [2.24, 2.45) is 5.92 Å². The third-order valence-corrected chi connectivity index (χ3v) is 2.33. The van der Waals surface area contributed by atoms with Gasteiger partial charge < -0.3 is 9.84 Å². The van der Waals surface area contributed by atoms with Gasteiger partial charge in [0.05, 0.1) is 19.1 Å². The van der Waals surface area contributed by atoms with Crippen LogP contribution in [0, 0.1) is 5.92 Å². The second-order valence-electron chi connectivity index (χ2n) is 3.17. The Morgan fingerprint density at radius 3 is 2.92 bits per heavy atom. The lowest BCUT2D eigenvalue weighted by Crippen LogP contribution is -2.27. The van der Waals surface area contributed by atoms with E-state index in [2.05, 4.69) is 11.3 Å². The van der Waals surface area contributed by atoms with E-state index < -0.39 is 6.10 Å². The van der Waals surface area contributed by atoms with Crippen LogP contribution >= 0.6 is 0 Å². The second kappa shape index (κ2) is 3.72. The van der Waals surface area contributed by atoms with Crippen LogP contribution in [0.5, 0.6) is 0 Å². The van der Waals surface area contributed by atoms with Crippen LogP contribution in [0.2, 0.25) is 0 Å². The molecule has 0 saturated heterocycles. The van der Waals surface area contributed by atoms with Crippen LogP contribution in [0.3, 0.4) is 0 Å². The van der Waals surface area contributed by atoms with E-state index in [0.29, 0.717) is 6.42 Å². The van der Waals surface area contributed by atoms with Crippen molar-refractivity contribution in [2.45, 2.75) is 25.4 Å². The molecule has 1 aliphatic rings. The van der Waals surface area contributed by atoms with E-state index in [-0.39, 0.29) is 11.9 Å². The first kappa shape index (κ1) is 9.26. The van der Waals surface area contributed by atoms with Crippen LogP contribution in [-0.4, -0.2) is 24.3 Å². The number of hydrogen-bond acceptors (Lipinski definition) is 3. The molecule has 3 nitrogen and oxygen atoms in total. The molecular formula is C9H14O3. The Bertz CT molecular complexity index is 198. The fourth-order valence-electron chi connectivity index (χ4n) is 1.46. The van der Waals surface area contributed by atoms with Gasteiger partial charge in [-0.25, -0.2) is 0 Å². The minimum Gasteiger partial charge on any atom is -0.469 e. The van der Waals surface area contributed by atoms with Crippen molar-refractivity contribution in [3.8, 4) is 0 Å². The van der Waals surface area contributed by atoms with E-state index in [4.69, 9.17) is 0 Å². The molecule has 1 fully saturated rings. The second-order valence-corrected chi connectivity index (χ2v) is 3.17. The molecule has 0 aromatic heterocycles. The number of ether oxygens (including phenoxy) is 1. The molecule has 0 amide bonds. The van der Waals surface area contributed by atoms with Gasteiger partial charge in [-0.2, -0.15) is 0 Å². The van der Waals surface area contributed by atoms with Gasteiger partial charge in [0.2, 0.25) is 0 Å². The number of carbonyl (C=O) groups is 1. The SMILES string of the molecule is C=C1CCC(C(=O)OC)CC1O. The van der Waals surface area contributed by atoms with E-state index in [1.807, 2.05) is 0 Å². The number of rotatable bonds is 1. The maximum absolute atomic E-state index is 11.1. The summed E-state index contributed by atoms with van der Waals surface area (Å²) in [6.07, 6.45) is 1.41. The molecule has 3 heteroatoms. The van der Waals surface area contributed by atoms with Crippen LogP contribution in [0.4, 0.5) is 0 Å². The molecule has 1 N–H and O–H groups in total. The van der Waals surface area contributed by atoms with Crippen LogP contribution in [-0.2, 0) is 9.53 Å². The van der Waals surface area contributed by atoms with Gasteiger partial charge >= 0.3 is 5.97 Å². The number of carbonyl (C=O) groups excluding carboxylic acids is 1. The number of methoxy groups -OCH3 is 1.